The Morgan fingerprint density at radius 1 is 1.15 bits per heavy atom. The summed E-state index contributed by atoms with van der Waals surface area (Å²) < 4.78 is 18.5. The average molecular weight is 387 g/mol. The summed E-state index contributed by atoms with van der Waals surface area (Å²) >= 11 is 5.14. The molecule has 0 aromatic heterocycles. The Bertz CT molecular complexity index is 836. The van der Waals surface area contributed by atoms with Gasteiger partial charge in [0, 0.05) is 11.8 Å². The zero-order valence-corrected chi connectivity index (χ0v) is 16.2. The summed E-state index contributed by atoms with van der Waals surface area (Å²) in [6.45, 7) is 4.25. The van der Waals surface area contributed by atoms with Crippen molar-refractivity contribution in [2.75, 3.05) is 12.4 Å². The molecular weight excluding hydrogens is 365 g/mol. The van der Waals surface area contributed by atoms with E-state index in [-0.39, 0.29) is 10.9 Å². The maximum atomic E-state index is 13.6. The summed E-state index contributed by atoms with van der Waals surface area (Å²) in [4.78, 5) is 11.8. The van der Waals surface area contributed by atoms with E-state index in [9.17, 15) is 9.18 Å². The van der Waals surface area contributed by atoms with E-state index < -0.39 is 11.7 Å². The molecule has 0 aliphatic carbocycles. The molecule has 0 saturated heterocycles. The predicted molar refractivity (Wildman–Crippen MR) is 110 cm³/mol. The number of amides is 1. The van der Waals surface area contributed by atoms with E-state index in [2.05, 4.69) is 30.0 Å². The number of hydrazine groups is 1. The lowest BCUT2D eigenvalue weighted by Crippen LogP contribution is -2.43. The van der Waals surface area contributed by atoms with Crippen LogP contribution in [0.5, 0.6) is 5.75 Å². The third-order valence-corrected chi connectivity index (χ3v) is 3.94. The Balaban J connectivity index is 1.82. The lowest BCUT2D eigenvalue weighted by atomic mass is 10.0. The van der Waals surface area contributed by atoms with Crippen LogP contribution in [0.2, 0.25) is 0 Å². The Morgan fingerprint density at radius 3 is 2.44 bits per heavy atom. The van der Waals surface area contributed by atoms with Crippen molar-refractivity contribution in [1.29, 1.82) is 0 Å². The van der Waals surface area contributed by atoms with Gasteiger partial charge in [-0.1, -0.05) is 32.0 Å². The molecule has 2 aromatic rings. The summed E-state index contributed by atoms with van der Waals surface area (Å²) in [6.07, 6.45) is 2.76. The number of ether oxygens (including phenoxy) is 1. The minimum Gasteiger partial charge on any atom is -0.494 e. The molecule has 0 bridgehead atoms. The normalized spacial score (nSPS) is 10.7. The van der Waals surface area contributed by atoms with Crippen LogP contribution >= 0.6 is 12.2 Å². The van der Waals surface area contributed by atoms with E-state index in [1.807, 2.05) is 24.3 Å². The first kappa shape index (κ1) is 20.4. The van der Waals surface area contributed by atoms with Crippen molar-refractivity contribution in [3.8, 4) is 5.75 Å². The van der Waals surface area contributed by atoms with E-state index in [1.54, 1.807) is 6.07 Å². The summed E-state index contributed by atoms with van der Waals surface area (Å²) in [5.41, 5.74) is 7.63. The van der Waals surface area contributed by atoms with Gasteiger partial charge in [0.1, 0.15) is 0 Å². The summed E-state index contributed by atoms with van der Waals surface area (Å²) in [5.74, 6) is -0.317. The van der Waals surface area contributed by atoms with E-state index >= 15 is 0 Å². The Labute approximate surface area is 163 Å². The smallest absolute Gasteiger partial charge is 0.262 e. The average Bonchev–Trinajstić information content (AvgIpc) is 2.65. The zero-order valence-electron chi connectivity index (χ0n) is 15.4. The highest BCUT2D eigenvalue weighted by atomic mass is 32.1. The van der Waals surface area contributed by atoms with Crippen molar-refractivity contribution < 1.29 is 13.9 Å². The topological polar surface area (TPSA) is 62.4 Å². The molecule has 5 nitrogen and oxygen atoms in total. The number of methoxy groups -OCH3 is 1. The molecule has 0 atom stereocenters. The van der Waals surface area contributed by atoms with Crippen LogP contribution in [0.1, 0.15) is 30.9 Å². The molecular formula is C20H22FN3O2S. The molecule has 0 radical (unpaired) electrons. The first-order valence-corrected chi connectivity index (χ1v) is 8.78. The number of nitrogens with one attached hydrogen (secondary N) is 3. The number of carbonyl (C=O) groups is 1. The van der Waals surface area contributed by atoms with E-state index in [4.69, 9.17) is 17.0 Å². The molecule has 2 aromatic carbocycles. The number of thiocarbonyl (C=S) groups is 1. The number of halogens is 1. The second-order valence-electron chi connectivity index (χ2n) is 6.07. The number of hydrogen-bond donors (Lipinski definition) is 3. The first-order chi connectivity index (χ1) is 12.9. The van der Waals surface area contributed by atoms with Gasteiger partial charge in [-0.3, -0.25) is 15.6 Å². The van der Waals surface area contributed by atoms with Crippen LogP contribution in [-0.2, 0) is 4.79 Å². The van der Waals surface area contributed by atoms with Crippen molar-refractivity contribution in [3.63, 3.8) is 0 Å². The molecule has 0 heterocycles. The van der Waals surface area contributed by atoms with Crippen LogP contribution in [0.25, 0.3) is 6.08 Å². The highest BCUT2D eigenvalue weighted by Gasteiger charge is 2.03. The maximum absolute atomic E-state index is 13.6. The van der Waals surface area contributed by atoms with Crippen LogP contribution in [0, 0.1) is 5.82 Å². The quantitative estimate of drug-likeness (QED) is 0.411. The molecule has 3 N–H and O–H groups in total. The lowest BCUT2D eigenvalue weighted by Gasteiger charge is -2.12. The standard InChI is InChI=1S/C20H22FN3O2S/c1-13(2)15-6-8-16(9-7-15)22-20(27)24-23-19(25)11-5-14-4-10-18(26-3)17(21)12-14/h4-13H,1-3H3,(H,23,25)(H2,22,24,27)/b11-5+. The minimum absolute atomic E-state index is 0.149. The minimum atomic E-state index is -0.493. The van der Waals surface area contributed by atoms with Crippen LogP contribution in [0.4, 0.5) is 10.1 Å². The van der Waals surface area contributed by atoms with E-state index in [0.29, 0.717) is 11.5 Å². The maximum Gasteiger partial charge on any atom is 0.262 e. The lowest BCUT2D eigenvalue weighted by molar-refractivity contribution is -0.116. The number of benzene rings is 2. The van der Waals surface area contributed by atoms with Crippen molar-refractivity contribution in [2.45, 2.75) is 19.8 Å². The van der Waals surface area contributed by atoms with Crippen LogP contribution < -0.4 is 20.9 Å². The van der Waals surface area contributed by atoms with Gasteiger partial charge < -0.3 is 10.1 Å². The second kappa shape index (κ2) is 9.68. The molecule has 0 fully saturated rings. The van der Waals surface area contributed by atoms with Crippen molar-refractivity contribution >= 4 is 35.0 Å². The summed E-state index contributed by atoms with van der Waals surface area (Å²) in [5, 5.41) is 3.23. The monoisotopic (exact) mass is 387 g/mol. The van der Waals surface area contributed by atoms with Crippen molar-refractivity contribution in [3.05, 3.63) is 65.5 Å². The summed E-state index contributed by atoms with van der Waals surface area (Å²) in [6, 6.07) is 12.3. The van der Waals surface area contributed by atoms with Gasteiger partial charge in [0.15, 0.2) is 16.7 Å². The predicted octanol–water partition coefficient (Wildman–Crippen LogP) is 3.99. The molecule has 1 amide bonds. The Morgan fingerprint density at radius 2 is 1.85 bits per heavy atom. The van der Waals surface area contributed by atoms with Gasteiger partial charge in [-0.15, -0.1) is 0 Å². The van der Waals surface area contributed by atoms with Crippen molar-refractivity contribution in [1.82, 2.24) is 10.9 Å². The largest absolute Gasteiger partial charge is 0.494 e. The highest BCUT2D eigenvalue weighted by molar-refractivity contribution is 7.80. The SMILES string of the molecule is COc1ccc(/C=C/C(=O)NNC(=S)Nc2ccc(C(C)C)cc2)cc1F. The Hall–Kier alpha value is -2.93. The van der Waals surface area contributed by atoms with E-state index in [0.717, 1.165) is 5.69 Å². The fourth-order valence-electron chi connectivity index (χ4n) is 2.23. The number of hydrogen-bond acceptors (Lipinski definition) is 3. The molecule has 2 rings (SSSR count). The van der Waals surface area contributed by atoms with Gasteiger partial charge >= 0.3 is 0 Å². The third kappa shape index (κ3) is 6.38. The van der Waals surface area contributed by atoms with Gasteiger partial charge in [-0.05, 0) is 59.6 Å². The fraction of sp³-hybridized carbons (Fsp3) is 0.200. The number of anilines is 1. The zero-order chi connectivity index (χ0) is 19.8. The van der Waals surface area contributed by atoms with Gasteiger partial charge in [-0.2, -0.15) is 0 Å². The second-order valence-corrected chi connectivity index (χ2v) is 6.48. The molecule has 0 aliphatic rings. The number of carbonyl (C=O) groups excluding carboxylic acids is 1. The van der Waals surface area contributed by atoms with Crippen molar-refractivity contribution in [2.24, 2.45) is 0 Å². The van der Waals surface area contributed by atoms with Crippen LogP contribution in [0.3, 0.4) is 0 Å². The highest BCUT2D eigenvalue weighted by Crippen LogP contribution is 2.18. The molecule has 0 unspecified atom stereocenters. The van der Waals surface area contributed by atoms with Crippen LogP contribution in [-0.4, -0.2) is 18.1 Å². The van der Waals surface area contributed by atoms with Gasteiger partial charge in [0.25, 0.3) is 5.91 Å². The molecule has 142 valence electrons. The molecule has 27 heavy (non-hydrogen) atoms. The molecule has 0 saturated carbocycles. The number of rotatable bonds is 5. The third-order valence-electron chi connectivity index (χ3n) is 3.74. The molecule has 7 heteroatoms. The molecule has 0 spiro atoms. The molecule has 0 aliphatic heterocycles. The summed E-state index contributed by atoms with van der Waals surface area (Å²) in [7, 11) is 1.39. The van der Waals surface area contributed by atoms with E-state index in [1.165, 1.54) is 37.0 Å². The first-order valence-electron chi connectivity index (χ1n) is 8.37. The Kier molecular flexibility index (Phi) is 7.31. The van der Waals surface area contributed by atoms with Gasteiger partial charge in [-0.25, -0.2) is 4.39 Å². The fourth-order valence-corrected chi connectivity index (χ4v) is 2.40. The van der Waals surface area contributed by atoms with Crippen LogP contribution in [0.15, 0.2) is 48.5 Å². The van der Waals surface area contributed by atoms with Gasteiger partial charge in [0.05, 0.1) is 7.11 Å². The van der Waals surface area contributed by atoms with Gasteiger partial charge in [0.2, 0.25) is 0 Å².